The number of nitrogens with one attached hydrogen (secondary N) is 1. The molecule has 0 heterocycles. The molecule has 16 heavy (non-hydrogen) atoms. The fourth-order valence-corrected chi connectivity index (χ4v) is 2.50. The van der Waals surface area contributed by atoms with Crippen LogP contribution in [0.1, 0.15) is 46.5 Å². The van der Waals surface area contributed by atoms with E-state index < -0.39 is 0 Å². The average Bonchev–Trinajstić information content (AvgIpc) is 2.29. The summed E-state index contributed by atoms with van der Waals surface area (Å²) in [6.07, 6.45) is 4.85. The van der Waals surface area contributed by atoms with Crippen LogP contribution in [0.2, 0.25) is 0 Å². The lowest BCUT2D eigenvalue weighted by molar-refractivity contribution is 0.118. The van der Waals surface area contributed by atoms with Gasteiger partial charge in [0.05, 0.1) is 0 Å². The van der Waals surface area contributed by atoms with Gasteiger partial charge in [-0.25, -0.2) is 0 Å². The Labute approximate surface area is 99.8 Å². The van der Waals surface area contributed by atoms with Gasteiger partial charge in [-0.3, -0.25) is 0 Å². The Morgan fingerprint density at radius 1 is 1.38 bits per heavy atom. The third kappa shape index (κ3) is 3.19. The van der Waals surface area contributed by atoms with Crippen LogP contribution in [-0.2, 0) is 0 Å². The molecule has 3 heteroatoms. The molecule has 0 aromatic heterocycles. The van der Waals surface area contributed by atoms with Crippen LogP contribution >= 0.6 is 0 Å². The zero-order valence-corrected chi connectivity index (χ0v) is 11.0. The van der Waals surface area contributed by atoms with Crippen molar-refractivity contribution in [1.29, 1.82) is 0 Å². The standard InChI is InChI=1S/C13H28N2O/c1-10(2)13(3,9-14)15-12-7-5-4-6-11(12)8-16/h10-12,15-16H,4-9,14H2,1-3H3. The molecule has 1 aliphatic rings. The molecular formula is C13H28N2O. The van der Waals surface area contributed by atoms with Crippen molar-refractivity contribution in [3.8, 4) is 0 Å². The number of aliphatic hydroxyl groups is 1. The molecule has 0 bridgehead atoms. The lowest BCUT2D eigenvalue weighted by atomic mass is 9.81. The summed E-state index contributed by atoms with van der Waals surface area (Å²) in [7, 11) is 0. The van der Waals surface area contributed by atoms with Crippen molar-refractivity contribution in [3.63, 3.8) is 0 Å². The molecule has 3 atom stereocenters. The highest BCUT2D eigenvalue weighted by atomic mass is 16.3. The van der Waals surface area contributed by atoms with Crippen LogP contribution in [0.5, 0.6) is 0 Å². The van der Waals surface area contributed by atoms with Crippen LogP contribution in [0, 0.1) is 11.8 Å². The summed E-state index contributed by atoms with van der Waals surface area (Å²) in [6.45, 7) is 7.56. The zero-order chi connectivity index (χ0) is 12.2. The second-order valence-electron chi connectivity index (χ2n) is 5.75. The topological polar surface area (TPSA) is 58.3 Å². The van der Waals surface area contributed by atoms with E-state index in [2.05, 4.69) is 26.1 Å². The highest BCUT2D eigenvalue weighted by Gasteiger charge is 2.33. The fourth-order valence-electron chi connectivity index (χ4n) is 2.50. The van der Waals surface area contributed by atoms with E-state index in [0.29, 0.717) is 31.0 Å². The number of hydrogen-bond donors (Lipinski definition) is 3. The minimum absolute atomic E-state index is 0.00454. The zero-order valence-electron chi connectivity index (χ0n) is 11.0. The first-order valence-corrected chi connectivity index (χ1v) is 6.62. The van der Waals surface area contributed by atoms with E-state index in [0.717, 1.165) is 6.42 Å². The number of hydrogen-bond acceptors (Lipinski definition) is 3. The quantitative estimate of drug-likeness (QED) is 0.668. The lowest BCUT2D eigenvalue weighted by Crippen LogP contribution is -2.59. The molecule has 0 aromatic carbocycles. The van der Waals surface area contributed by atoms with Crippen molar-refractivity contribution >= 4 is 0 Å². The smallest absolute Gasteiger partial charge is 0.0474 e. The van der Waals surface area contributed by atoms with E-state index in [9.17, 15) is 5.11 Å². The summed E-state index contributed by atoms with van der Waals surface area (Å²) >= 11 is 0. The molecule has 1 saturated carbocycles. The SMILES string of the molecule is CC(C)C(C)(CN)NC1CCCCC1CO. The van der Waals surface area contributed by atoms with Gasteiger partial charge in [-0.1, -0.05) is 26.7 Å². The molecule has 1 rings (SSSR count). The van der Waals surface area contributed by atoms with E-state index in [1.54, 1.807) is 0 Å². The first kappa shape index (κ1) is 13.9. The molecule has 96 valence electrons. The normalized spacial score (nSPS) is 30.4. The largest absolute Gasteiger partial charge is 0.396 e. The Morgan fingerprint density at radius 3 is 2.50 bits per heavy atom. The number of nitrogens with two attached hydrogens (primary N) is 1. The van der Waals surface area contributed by atoms with Crippen LogP contribution in [0.25, 0.3) is 0 Å². The molecule has 0 radical (unpaired) electrons. The predicted octanol–water partition coefficient (Wildman–Crippen LogP) is 1.50. The molecule has 0 saturated heterocycles. The Hall–Kier alpha value is -0.120. The van der Waals surface area contributed by atoms with E-state index >= 15 is 0 Å². The van der Waals surface area contributed by atoms with Gasteiger partial charge in [0.25, 0.3) is 0 Å². The number of rotatable bonds is 5. The van der Waals surface area contributed by atoms with Crippen molar-refractivity contribution in [2.75, 3.05) is 13.2 Å². The highest BCUT2D eigenvalue weighted by molar-refractivity contribution is 4.93. The van der Waals surface area contributed by atoms with Crippen LogP contribution in [0.15, 0.2) is 0 Å². The first-order chi connectivity index (χ1) is 7.53. The molecule has 4 N–H and O–H groups in total. The summed E-state index contributed by atoms with van der Waals surface area (Å²) in [6, 6.07) is 0.440. The maximum atomic E-state index is 9.40. The van der Waals surface area contributed by atoms with Gasteiger partial charge >= 0.3 is 0 Å². The Morgan fingerprint density at radius 2 is 2.00 bits per heavy atom. The third-order valence-corrected chi connectivity index (χ3v) is 4.36. The molecule has 3 nitrogen and oxygen atoms in total. The van der Waals surface area contributed by atoms with Crippen LogP contribution in [0.4, 0.5) is 0 Å². The summed E-state index contributed by atoms with van der Waals surface area (Å²) in [5.41, 5.74) is 5.88. The Balaban J connectivity index is 2.62. The molecular weight excluding hydrogens is 200 g/mol. The summed E-state index contributed by atoms with van der Waals surface area (Å²) in [4.78, 5) is 0. The van der Waals surface area contributed by atoms with Gasteiger partial charge in [0, 0.05) is 24.7 Å². The van der Waals surface area contributed by atoms with Gasteiger partial charge in [0.1, 0.15) is 0 Å². The van der Waals surface area contributed by atoms with Gasteiger partial charge < -0.3 is 16.2 Å². The van der Waals surface area contributed by atoms with Crippen molar-refractivity contribution in [2.24, 2.45) is 17.6 Å². The highest BCUT2D eigenvalue weighted by Crippen LogP contribution is 2.27. The minimum Gasteiger partial charge on any atom is -0.396 e. The van der Waals surface area contributed by atoms with Crippen molar-refractivity contribution in [3.05, 3.63) is 0 Å². The summed E-state index contributed by atoms with van der Waals surface area (Å²) < 4.78 is 0. The minimum atomic E-state index is -0.00454. The van der Waals surface area contributed by atoms with Crippen molar-refractivity contribution < 1.29 is 5.11 Å². The van der Waals surface area contributed by atoms with Crippen LogP contribution in [-0.4, -0.2) is 29.8 Å². The van der Waals surface area contributed by atoms with E-state index in [-0.39, 0.29) is 5.54 Å². The fraction of sp³-hybridized carbons (Fsp3) is 1.00. The van der Waals surface area contributed by atoms with E-state index in [4.69, 9.17) is 5.73 Å². The summed E-state index contributed by atoms with van der Waals surface area (Å²) in [5.74, 6) is 0.928. The molecule has 0 amide bonds. The monoisotopic (exact) mass is 228 g/mol. The molecule has 0 aliphatic heterocycles. The second kappa shape index (κ2) is 5.99. The number of aliphatic hydroxyl groups excluding tert-OH is 1. The van der Waals surface area contributed by atoms with Crippen molar-refractivity contribution in [2.45, 2.75) is 58.0 Å². The van der Waals surface area contributed by atoms with Gasteiger partial charge in [-0.05, 0) is 31.6 Å². The van der Waals surface area contributed by atoms with E-state index in [1.807, 2.05) is 0 Å². The molecule has 3 unspecified atom stereocenters. The van der Waals surface area contributed by atoms with Gasteiger partial charge in [-0.15, -0.1) is 0 Å². The van der Waals surface area contributed by atoms with Crippen LogP contribution < -0.4 is 11.1 Å². The first-order valence-electron chi connectivity index (χ1n) is 6.62. The lowest BCUT2D eigenvalue weighted by Gasteiger charge is -2.42. The average molecular weight is 228 g/mol. The maximum absolute atomic E-state index is 9.40. The van der Waals surface area contributed by atoms with Gasteiger partial charge in [-0.2, -0.15) is 0 Å². The van der Waals surface area contributed by atoms with E-state index in [1.165, 1.54) is 19.3 Å². The Kier molecular flexibility index (Phi) is 5.22. The molecule has 0 spiro atoms. The molecule has 1 fully saturated rings. The molecule has 1 aliphatic carbocycles. The van der Waals surface area contributed by atoms with Gasteiger partial charge in [0.2, 0.25) is 0 Å². The predicted molar refractivity (Wildman–Crippen MR) is 68.3 cm³/mol. The maximum Gasteiger partial charge on any atom is 0.0474 e. The second-order valence-corrected chi connectivity index (χ2v) is 5.75. The third-order valence-electron chi connectivity index (χ3n) is 4.36. The van der Waals surface area contributed by atoms with Crippen molar-refractivity contribution in [1.82, 2.24) is 5.32 Å². The molecule has 0 aromatic rings. The Bertz CT molecular complexity index is 208. The van der Waals surface area contributed by atoms with Crippen LogP contribution in [0.3, 0.4) is 0 Å². The summed E-state index contributed by atoms with van der Waals surface area (Å²) in [5, 5.41) is 13.1. The van der Waals surface area contributed by atoms with Gasteiger partial charge in [0.15, 0.2) is 0 Å².